The van der Waals surface area contributed by atoms with Crippen molar-refractivity contribution in [2.75, 3.05) is 5.32 Å². The predicted octanol–water partition coefficient (Wildman–Crippen LogP) is 4.87. The normalized spacial score (nSPS) is 12.0. The van der Waals surface area contributed by atoms with Crippen molar-refractivity contribution in [2.24, 2.45) is 0 Å². The van der Waals surface area contributed by atoms with Crippen LogP contribution in [0.1, 0.15) is 24.1 Å². The van der Waals surface area contributed by atoms with Crippen LogP contribution in [0.5, 0.6) is 0 Å². The molecule has 0 spiro atoms. The molecule has 0 aliphatic rings. The van der Waals surface area contributed by atoms with E-state index in [1.165, 1.54) is 18.2 Å². The van der Waals surface area contributed by atoms with Gasteiger partial charge in [-0.2, -0.15) is 0 Å². The fourth-order valence-corrected chi connectivity index (χ4v) is 2.17. The summed E-state index contributed by atoms with van der Waals surface area (Å²) in [4.78, 5) is 10.5. The molecule has 4 nitrogen and oxygen atoms in total. The number of nitrogens with one attached hydrogen (secondary N) is 1. The van der Waals surface area contributed by atoms with E-state index in [2.05, 4.69) is 5.32 Å². The molecular weight excluding hydrogens is 295 g/mol. The van der Waals surface area contributed by atoms with Gasteiger partial charge in [-0.15, -0.1) is 0 Å². The lowest BCUT2D eigenvalue weighted by Gasteiger charge is -2.16. The van der Waals surface area contributed by atoms with E-state index in [1.54, 1.807) is 25.1 Å². The molecule has 2 aromatic carbocycles. The van der Waals surface area contributed by atoms with Gasteiger partial charge in [0.2, 0.25) is 0 Å². The van der Waals surface area contributed by atoms with Gasteiger partial charge in [0, 0.05) is 22.7 Å². The van der Waals surface area contributed by atoms with E-state index < -0.39 is 10.7 Å². The molecule has 0 amide bonds. The molecule has 21 heavy (non-hydrogen) atoms. The molecule has 2 rings (SSSR count). The largest absolute Gasteiger partial charge is 0.376 e. The molecular formula is C15H14ClFN2O2. The second-order valence-corrected chi connectivity index (χ2v) is 5.23. The Morgan fingerprint density at radius 3 is 2.62 bits per heavy atom. The van der Waals surface area contributed by atoms with E-state index in [1.807, 2.05) is 6.92 Å². The van der Waals surface area contributed by atoms with Crippen molar-refractivity contribution in [3.8, 4) is 0 Å². The third kappa shape index (κ3) is 3.49. The third-order valence-electron chi connectivity index (χ3n) is 3.23. The monoisotopic (exact) mass is 308 g/mol. The SMILES string of the molecule is Cc1ccc(C(C)Nc2ccc(Cl)cc2F)cc1[N+](=O)[O-]. The number of rotatable bonds is 4. The second kappa shape index (κ2) is 6.10. The van der Waals surface area contributed by atoms with Crippen LogP contribution < -0.4 is 5.32 Å². The van der Waals surface area contributed by atoms with Crippen molar-refractivity contribution in [3.05, 3.63) is 68.5 Å². The Bertz CT molecular complexity index is 691. The fraction of sp³-hybridized carbons (Fsp3) is 0.200. The summed E-state index contributed by atoms with van der Waals surface area (Å²) in [6, 6.07) is 9.03. The predicted molar refractivity (Wildman–Crippen MR) is 81.3 cm³/mol. The Morgan fingerprint density at radius 2 is 2.00 bits per heavy atom. The molecule has 6 heteroatoms. The number of nitro benzene ring substituents is 1. The van der Waals surface area contributed by atoms with Crippen LogP contribution in [0.2, 0.25) is 5.02 Å². The molecule has 0 saturated carbocycles. The quantitative estimate of drug-likeness (QED) is 0.647. The molecule has 110 valence electrons. The van der Waals surface area contributed by atoms with Gasteiger partial charge in [0.25, 0.3) is 5.69 Å². The smallest absolute Gasteiger partial charge is 0.272 e. The van der Waals surface area contributed by atoms with Crippen LogP contribution >= 0.6 is 11.6 Å². The second-order valence-electron chi connectivity index (χ2n) is 4.79. The number of hydrogen-bond acceptors (Lipinski definition) is 3. The van der Waals surface area contributed by atoms with Gasteiger partial charge < -0.3 is 5.32 Å². The third-order valence-corrected chi connectivity index (χ3v) is 3.47. The molecule has 1 atom stereocenters. The van der Waals surface area contributed by atoms with Gasteiger partial charge in [-0.05, 0) is 37.6 Å². The number of nitro groups is 1. The zero-order chi connectivity index (χ0) is 15.6. The van der Waals surface area contributed by atoms with Crippen molar-refractivity contribution in [3.63, 3.8) is 0 Å². The summed E-state index contributed by atoms with van der Waals surface area (Å²) < 4.78 is 13.7. The van der Waals surface area contributed by atoms with Crippen LogP contribution in [0.15, 0.2) is 36.4 Å². The molecule has 0 radical (unpaired) electrons. The van der Waals surface area contributed by atoms with Crippen LogP contribution in [0, 0.1) is 22.9 Å². The molecule has 0 fully saturated rings. The zero-order valence-electron chi connectivity index (χ0n) is 11.6. The lowest BCUT2D eigenvalue weighted by atomic mass is 10.0. The Morgan fingerprint density at radius 1 is 1.29 bits per heavy atom. The van der Waals surface area contributed by atoms with Gasteiger partial charge in [-0.25, -0.2) is 4.39 Å². The maximum Gasteiger partial charge on any atom is 0.272 e. The Kier molecular flexibility index (Phi) is 4.43. The van der Waals surface area contributed by atoms with Crippen molar-refractivity contribution < 1.29 is 9.31 Å². The van der Waals surface area contributed by atoms with E-state index in [0.29, 0.717) is 21.8 Å². The summed E-state index contributed by atoms with van der Waals surface area (Å²) in [6.45, 7) is 3.49. The number of nitrogens with zero attached hydrogens (tertiary/aromatic N) is 1. The van der Waals surface area contributed by atoms with Crippen molar-refractivity contribution in [1.29, 1.82) is 0 Å². The van der Waals surface area contributed by atoms with Crippen molar-refractivity contribution in [2.45, 2.75) is 19.9 Å². The maximum atomic E-state index is 13.7. The number of benzene rings is 2. The summed E-state index contributed by atoms with van der Waals surface area (Å²) >= 11 is 5.70. The highest BCUT2D eigenvalue weighted by molar-refractivity contribution is 6.30. The summed E-state index contributed by atoms with van der Waals surface area (Å²) in [6.07, 6.45) is 0. The van der Waals surface area contributed by atoms with Crippen LogP contribution in [-0.2, 0) is 0 Å². The molecule has 0 bridgehead atoms. The highest BCUT2D eigenvalue weighted by Crippen LogP contribution is 2.27. The van der Waals surface area contributed by atoms with Crippen molar-refractivity contribution >= 4 is 23.0 Å². The van der Waals surface area contributed by atoms with E-state index in [-0.39, 0.29) is 11.7 Å². The first kappa shape index (κ1) is 15.3. The van der Waals surface area contributed by atoms with Gasteiger partial charge in [0.1, 0.15) is 5.82 Å². The Labute approximate surface area is 126 Å². The average Bonchev–Trinajstić information content (AvgIpc) is 2.42. The van der Waals surface area contributed by atoms with Crippen LogP contribution in [-0.4, -0.2) is 4.92 Å². The molecule has 0 aromatic heterocycles. The topological polar surface area (TPSA) is 55.2 Å². The first-order chi connectivity index (χ1) is 9.88. The first-order valence-electron chi connectivity index (χ1n) is 6.35. The molecule has 0 heterocycles. The van der Waals surface area contributed by atoms with Gasteiger partial charge in [0.05, 0.1) is 10.6 Å². The minimum atomic E-state index is -0.462. The fourth-order valence-electron chi connectivity index (χ4n) is 2.02. The minimum absolute atomic E-state index is 0.0535. The summed E-state index contributed by atoms with van der Waals surface area (Å²) in [5, 5.41) is 14.3. The number of anilines is 1. The molecule has 0 saturated heterocycles. The van der Waals surface area contributed by atoms with Gasteiger partial charge in [-0.3, -0.25) is 10.1 Å². The molecule has 1 unspecified atom stereocenters. The number of aryl methyl sites for hydroxylation is 1. The van der Waals surface area contributed by atoms with Crippen molar-refractivity contribution in [1.82, 2.24) is 0 Å². The van der Waals surface area contributed by atoms with E-state index in [4.69, 9.17) is 11.6 Å². The molecule has 0 aliphatic heterocycles. The van der Waals surface area contributed by atoms with E-state index >= 15 is 0 Å². The standard InChI is InChI=1S/C15H14ClFN2O2/c1-9-3-4-11(7-15(9)19(20)21)10(2)18-14-6-5-12(16)8-13(14)17/h3-8,10,18H,1-2H3. The lowest BCUT2D eigenvalue weighted by molar-refractivity contribution is -0.385. The minimum Gasteiger partial charge on any atom is -0.376 e. The van der Waals surface area contributed by atoms with Crippen LogP contribution in [0.25, 0.3) is 0 Å². The van der Waals surface area contributed by atoms with Crippen LogP contribution in [0.4, 0.5) is 15.8 Å². The first-order valence-corrected chi connectivity index (χ1v) is 6.73. The summed E-state index contributed by atoms with van der Waals surface area (Å²) in [7, 11) is 0. The Balaban J connectivity index is 2.26. The molecule has 1 N–H and O–H groups in total. The van der Waals surface area contributed by atoms with Gasteiger partial charge in [-0.1, -0.05) is 23.7 Å². The molecule has 2 aromatic rings. The highest BCUT2D eigenvalue weighted by atomic mass is 35.5. The molecule has 0 aliphatic carbocycles. The maximum absolute atomic E-state index is 13.7. The Hall–Kier alpha value is -2.14. The lowest BCUT2D eigenvalue weighted by Crippen LogP contribution is -2.08. The van der Waals surface area contributed by atoms with E-state index in [0.717, 1.165) is 0 Å². The zero-order valence-corrected chi connectivity index (χ0v) is 12.3. The number of halogens is 2. The number of hydrogen-bond donors (Lipinski definition) is 1. The average molecular weight is 309 g/mol. The summed E-state index contributed by atoms with van der Waals surface area (Å²) in [5.74, 6) is -0.462. The van der Waals surface area contributed by atoms with E-state index in [9.17, 15) is 14.5 Å². The van der Waals surface area contributed by atoms with Crippen LogP contribution in [0.3, 0.4) is 0 Å². The van der Waals surface area contributed by atoms with Gasteiger partial charge in [0.15, 0.2) is 0 Å². The van der Waals surface area contributed by atoms with Gasteiger partial charge >= 0.3 is 0 Å². The summed E-state index contributed by atoms with van der Waals surface area (Å²) in [5.41, 5.74) is 1.66. The highest BCUT2D eigenvalue weighted by Gasteiger charge is 2.15.